The lowest BCUT2D eigenvalue weighted by Crippen LogP contribution is -2.53. The lowest BCUT2D eigenvalue weighted by Gasteiger charge is -2.46. The average molecular weight is 381 g/mol. The Kier molecular flexibility index (Phi) is 4.92. The van der Waals surface area contributed by atoms with Crippen molar-refractivity contribution in [1.29, 1.82) is 0 Å². The van der Waals surface area contributed by atoms with Gasteiger partial charge in [0, 0.05) is 41.5 Å². The molecule has 3 rings (SSSR count). The number of nitrogen functional groups attached to an aromatic ring is 1. The van der Waals surface area contributed by atoms with Gasteiger partial charge in [0.1, 0.15) is 5.82 Å². The van der Waals surface area contributed by atoms with Crippen molar-refractivity contribution in [1.82, 2.24) is 4.90 Å². The van der Waals surface area contributed by atoms with Crippen LogP contribution in [0.5, 0.6) is 0 Å². The van der Waals surface area contributed by atoms with E-state index in [-0.39, 0.29) is 11.7 Å². The maximum atomic E-state index is 14.7. The molecule has 142 valence electrons. The summed E-state index contributed by atoms with van der Waals surface area (Å²) in [5.41, 5.74) is 5.26. The maximum Gasteiger partial charge on any atom is 0.413 e. The number of thioether (sulfide) groups is 1. The van der Waals surface area contributed by atoms with Crippen molar-refractivity contribution in [3.8, 4) is 0 Å². The molecule has 26 heavy (non-hydrogen) atoms. The van der Waals surface area contributed by atoms with Crippen molar-refractivity contribution >= 4 is 28.7 Å². The third-order valence-electron chi connectivity index (χ3n) is 4.84. The second kappa shape index (κ2) is 6.74. The molecule has 2 atom stereocenters. The molecule has 8 heteroatoms. The molecule has 2 heterocycles. The number of carbonyl (C=O) groups is 1. The summed E-state index contributed by atoms with van der Waals surface area (Å²) in [5.74, 6) is 0.183. The molecule has 0 aliphatic carbocycles. The van der Waals surface area contributed by atoms with Crippen LogP contribution in [-0.4, -0.2) is 45.8 Å². The summed E-state index contributed by atoms with van der Waals surface area (Å²) >= 11 is 1.38. The Hall–Kier alpha value is -1.80. The standard InChI is InChI=1S/C18H24FN3O3S/c1-17(2,3)22(16(23)24)15-21-18(6-7-25-9-11(18)10-26-15)13-8-12(20)4-5-14(13)19/h4-5,8,11H,6-7,9-10,20H2,1-3H3,(H,23,24)/t11-,18+/m1/s1. The van der Waals surface area contributed by atoms with Gasteiger partial charge in [0.05, 0.1) is 12.1 Å². The number of anilines is 1. The number of hydrogen-bond donors (Lipinski definition) is 2. The van der Waals surface area contributed by atoms with Gasteiger partial charge in [-0.05, 0) is 39.0 Å². The Balaban J connectivity index is 2.17. The number of nitrogens with two attached hydrogens (primary N) is 1. The minimum atomic E-state index is -1.07. The molecule has 0 spiro atoms. The number of benzene rings is 1. The average Bonchev–Trinajstić information content (AvgIpc) is 2.55. The van der Waals surface area contributed by atoms with Gasteiger partial charge in [-0.1, -0.05) is 11.8 Å². The van der Waals surface area contributed by atoms with Gasteiger partial charge in [-0.3, -0.25) is 4.90 Å². The van der Waals surface area contributed by atoms with Gasteiger partial charge in [0.15, 0.2) is 5.17 Å². The quantitative estimate of drug-likeness (QED) is 0.727. The van der Waals surface area contributed by atoms with Crippen molar-refractivity contribution in [3.63, 3.8) is 0 Å². The number of carboxylic acid groups (broad SMARTS) is 1. The van der Waals surface area contributed by atoms with Crippen molar-refractivity contribution in [2.75, 3.05) is 24.7 Å². The minimum Gasteiger partial charge on any atom is -0.465 e. The largest absolute Gasteiger partial charge is 0.465 e. The zero-order chi connectivity index (χ0) is 19.1. The van der Waals surface area contributed by atoms with Crippen LogP contribution in [0.4, 0.5) is 14.9 Å². The molecule has 1 saturated heterocycles. The highest BCUT2D eigenvalue weighted by atomic mass is 32.2. The van der Waals surface area contributed by atoms with E-state index in [1.165, 1.54) is 28.8 Å². The predicted molar refractivity (Wildman–Crippen MR) is 101 cm³/mol. The number of aliphatic imine (C=N–C) groups is 1. The molecule has 1 aromatic carbocycles. The topological polar surface area (TPSA) is 88.2 Å². The van der Waals surface area contributed by atoms with Gasteiger partial charge < -0.3 is 15.6 Å². The maximum absolute atomic E-state index is 14.7. The van der Waals surface area contributed by atoms with E-state index in [4.69, 9.17) is 15.5 Å². The second-order valence-corrected chi connectivity index (χ2v) is 8.67. The molecule has 2 aliphatic heterocycles. The minimum absolute atomic E-state index is 0.0445. The number of hydrogen-bond acceptors (Lipinski definition) is 5. The molecule has 1 aromatic rings. The van der Waals surface area contributed by atoms with Crippen LogP contribution in [0.15, 0.2) is 23.2 Å². The van der Waals surface area contributed by atoms with Gasteiger partial charge in [-0.25, -0.2) is 14.2 Å². The molecule has 1 fully saturated rings. The van der Waals surface area contributed by atoms with Gasteiger partial charge >= 0.3 is 6.09 Å². The first kappa shape index (κ1) is 19.0. The van der Waals surface area contributed by atoms with E-state index in [1.807, 2.05) is 20.8 Å². The third kappa shape index (κ3) is 3.27. The van der Waals surface area contributed by atoms with Gasteiger partial charge in [0.2, 0.25) is 0 Å². The van der Waals surface area contributed by atoms with Gasteiger partial charge in [-0.2, -0.15) is 0 Å². The van der Waals surface area contributed by atoms with Crippen LogP contribution in [0.1, 0.15) is 32.8 Å². The number of amidine groups is 1. The summed E-state index contributed by atoms with van der Waals surface area (Å²) in [7, 11) is 0. The van der Waals surface area contributed by atoms with E-state index in [1.54, 1.807) is 6.07 Å². The summed E-state index contributed by atoms with van der Waals surface area (Å²) < 4.78 is 20.3. The fourth-order valence-corrected chi connectivity index (χ4v) is 5.00. The van der Waals surface area contributed by atoms with E-state index in [9.17, 15) is 14.3 Å². The number of ether oxygens (including phenoxy) is 1. The summed E-state index contributed by atoms with van der Waals surface area (Å²) in [6.45, 7) is 6.34. The van der Waals surface area contributed by atoms with Gasteiger partial charge in [-0.15, -0.1) is 0 Å². The third-order valence-corrected chi connectivity index (χ3v) is 5.94. The molecule has 3 N–H and O–H groups in total. The Labute approximate surface area is 156 Å². The van der Waals surface area contributed by atoms with Crippen molar-refractivity contribution in [2.45, 2.75) is 38.3 Å². The highest BCUT2D eigenvalue weighted by Gasteiger charge is 2.49. The van der Waals surface area contributed by atoms with E-state index in [0.717, 1.165) is 0 Å². The number of amides is 1. The highest BCUT2D eigenvalue weighted by Crippen LogP contribution is 2.47. The second-order valence-electron chi connectivity index (χ2n) is 7.68. The number of rotatable bonds is 1. The van der Waals surface area contributed by atoms with Crippen LogP contribution in [-0.2, 0) is 10.3 Å². The number of halogens is 1. The fourth-order valence-electron chi connectivity index (χ4n) is 3.57. The van der Waals surface area contributed by atoms with E-state index in [0.29, 0.717) is 41.8 Å². The summed E-state index contributed by atoms with van der Waals surface area (Å²) in [5, 5.41) is 10.1. The Morgan fingerprint density at radius 3 is 2.88 bits per heavy atom. The molecule has 2 aliphatic rings. The van der Waals surface area contributed by atoms with Gasteiger partial charge in [0.25, 0.3) is 0 Å². The van der Waals surface area contributed by atoms with Crippen molar-refractivity contribution < 1.29 is 19.0 Å². The molecule has 0 bridgehead atoms. The lowest BCUT2D eigenvalue weighted by molar-refractivity contribution is 0.00810. The molecule has 6 nitrogen and oxygen atoms in total. The molecule has 0 unspecified atom stereocenters. The molecular formula is C18H24FN3O3S. The fraction of sp³-hybridized carbons (Fsp3) is 0.556. The highest BCUT2D eigenvalue weighted by molar-refractivity contribution is 8.13. The van der Waals surface area contributed by atoms with Crippen LogP contribution in [0.3, 0.4) is 0 Å². The molecule has 0 aromatic heterocycles. The Morgan fingerprint density at radius 1 is 1.50 bits per heavy atom. The first-order valence-corrected chi connectivity index (χ1v) is 9.53. The van der Waals surface area contributed by atoms with Crippen LogP contribution in [0.2, 0.25) is 0 Å². The van der Waals surface area contributed by atoms with Crippen LogP contribution >= 0.6 is 11.8 Å². The van der Waals surface area contributed by atoms with E-state index < -0.39 is 17.2 Å². The lowest BCUT2D eigenvalue weighted by atomic mass is 9.75. The monoisotopic (exact) mass is 381 g/mol. The van der Waals surface area contributed by atoms with Crippen molar-refractivity contribution in [3.05, 3.63) is 29.6 Å². The Bertz CT molecular complexity index is 750. The molecule has 0 radical (unpaired) electrons. The molecular weight excluding hydrogens is 357 g/mol. The Morgan fingerprint density at radius 2 is 2.23 bits per heavy atom. The molecule has 1 amide bonds. The number of nitrogens with zero attached hydrogens (tertiary/aromatic N) is 2. The summed E-state index contributed by atoms with van der Waals surface area (Å²) in [4.78, 5) is 18.0. The smallest absolute Gasteiger partial charge is 0.413 e. The van der Waals surface area contributed by atoms with Crippen LogP contribution < -0.4 is 5.73 Å². The SMILES string of the molecule is CC(C)(C)N(C(=O)O)C1=N[C@@]2(c3cc(N)ccc3F)CCOC[C@@H]2CS1. The van der Waals surface area contributed by atoms with E-state index in [2.05, 4.69) is 0 Å². The van der Waals surface area contributed by atoms with Crippen molar-refractivity contribution in [2.24, 2.45) is 10.9 Å². The summed E-state index contributed by atoms with van der Waals surface area (Å²) in [6, 6.07) is 4.49. The van der Waals surface area contributed by atoms with Crippen LogP contribution in [0, 0.1) is 11.7 Å². The zero-order valence-electron chi connectivity index (χ0n) is 15.2. The first-order valence-electron chi connectivity index (χ1n) is 8.54. The zero-order valence-corrected chi connectivity index (χ0v) is 16.0. The molecule has 0 saturated carbocycles. The normalized spacial score (nSPS) is 26.0. The first-order chi connectivity index (χ1) is 12.1. The van der Waals surface area contributed by atoms with E-state index >= 15 is 0 Å². The van der Waals surface area contributed by atoms with Crippen LogP contribution in [0.25, 0.3) is 0 Å². The summed E-state index contributed by atoms with van der Waals surface area (Å²) in [6.07, 6.45) is -0.586. The predicted octanol–water partition coefficient (Wildman–Crippen LogP) is 3.52. The number of fused-ring (bicyclic) bond motifs is 1.